The maximum atomic E-state index is 13.8. The monoisotopic (exact) mass is 387 g/mol. The number of anilines is 1. The van der Waals surface area contributed by atoms with Gasteiger partial charge in [0.25, 0.3) is 5.91 Å². The van der Waals surface area contributed by atoms with Crippen LogP contribution < -0.4 is 5.32 Å². The first kappa shape index (κ1) is 16.8. The summed E-state index contributed by atoms with van der Waals surface area (Å²) in [6, 6.07) is 4.39. The molecule has 124 valence electrons. The molecule has 0 saturated carbocycles. The maximum absolute atomic E-state index is 13.8. The van der Waals surface area contributed by atoms with Crippen molar-refractivity contribution in [2.75, 3.05) is 5.32 Å². The van der Waals surface area contributed by atoms with Gasteiger partial charge in [0.05, 0.1) is 17.8 Å². The van der Waals surface area contributed by atoms with E-state index in [4.69, 9.17) is 34.8 Å². The largest absolute Gasteiger partial charge is 0.302 e. The lowest BCUT2D eigenvalue weighted by molar-refractivity contribution is 0.102. The molecule has 3 aromatic rings. The predicted octanol–water partition coefficient (Wildman–Crippen LogP) is 4.01. The van der Waals surface area contributed by atoms with Crippen LogP contribution in [-0.2, 0) is 6.54 Å². The molecule has 0 aliphatic carbocycles. The van der Waals surface area contributed by atoms with Crippen molar-refractivity contribution >= 4 is 46.5 Å². The quantitative estimate of drug-likeness (QED) is 0.709. The number of H-pyrrole nitrogens is 1. The number of amides is 1. The molecule has 1 aromatic carbocycles. The van der Waals surface area contributed by atoms with Gasteiger partial charge < -0.3 is 5.32 Å². The molecule has 0 spiro atoms. The maximum Gasteiger partial charge on any atom is 0.276 e. The van der Waals surface area contributed by atoms with Crippen LogP contribution in [0.3, 0.4) is 0 Å². The van der Waals surface area contributed by atoms with E-state index in [9.17, 15) is 9.18 Å². The highest BCUT2D eigenvalue weighted by Gasteiger charge is 2.17. The fraction of sp³-hybridized carbons (Fsp3) is 0.0714. The van der Waals surface area contributed by atoms with Gasteiger partial charge in [-0.3, -0.25) is 14.6 Å². The Balaban J connectivity index is 1.81. The van der Waals surface area contributed by atoms with E-state index in [0.29, 0.717) is 0 Å². The molecule has 6 nitrogen and oxygen atoms in total. The number of hydrogen-bond donors (Lipinski definition) is 2. The topological polar surface area (TPSA) is 75.6 Å². The third kappa shape index (κ3) is 3.38. The summed E-state index contributed by atoms with van der Waals surface area (Å²) in [4.78, 5) is 12.1. The van der Waals surface area contributed by atoms with E-state index in [1.165, 1.54) is 29.2 Å². The summed E-state index contributed by atoms with van der Waals surface area (Å²) >= 11 is 17.9. The highest BCUT2D eigenvalue weighted by atomic mass is 35.5. The van der Waals surface area contributed by atoms with Gasteiger partial charge in [-0.25, -0.2) is 4.39 Å². The zero-order valence-corrected chi connectivity index (χ0v) is 14.1. The average Bonchev–Trinajstić information content (AvgIpc) is 3.09. The summed E-state index contributed by atoms with van der Waals surface area (Å²) in [5, 5.41) is 13.4. The second kappa shape index (κ2) is 6.80. The average molecular weight is 389 g/mol. The van der Waals surface area contributed by atoms with Crippen molar-refractivity contribution in [2.24, 2.45) is 0 Å². The highest BCUT2D eigenvalue weighted by Crippen LogP contribution is 2.24. The molecule has 0 bridgehead atoms. The van der Waals surface area contributed by atoms with E-state index in [-0.39, 0.29) is 38.7 Å². The van der Waals surface area contributed by atoms with Gasteiger partial charge in [0.15, 0.2) is 5.82 Å². The van der Waals surface area contributed by atoms with Crippen molar-refractivity contribution < 1.29 is 9.18 Å². The van der Waals surface area contributed by atoms with Gasteiger partial charge >= 0.3 is 0 Å². The molecule has 0 unspecified atom stereocenters. The molecule has 1 amide bonds. The van der Waals surface area contributed by atoms with Gasteiger partial charge in [0, 0.05) is 16.8 Å². The van der Waals surface area contributed by atoms with Crippen LogP contribution in [0.5, 0.6) is 0 Å². The van der Waals surface area contributed by atoms with E-state index in [0.717, 1.165) is 0 Å². The van der Waals surface area contributed by atoms with Crippen LogP contribution in [0.1, 0.15) is 16.1 Å². The molecule has 0 aliphatic rings. The molecule has 2 aromatic heterocycles. The van der Waals surface area contributed by atoms with Gasteiger partial charge in [-0.2, -0.15) is 10.2 Å². The number of nitrogens with zero attached hydrogens (tertiary/aromatic N) is 3. The molecule has 0 aliphatic heterocycles. The zero-order valence-electron chi connectivity index (χ0n) is 11.9. The molecule has 0 radical (unpaired) electrons. The molecule has 24 heavy (non-hydrogen) atoms. The molecule has 10 heteroatoms. The number of aromatic nitrogens is 4. The summed E-state index contributed by atoms with van der Waals surface area (Å²) in [7, 11) is 0. The summed E-state index contributed by atoms with van der Waals surface area (Å²) < 4.78 is 15.2. The highest BCUT2D eigenvalue weighted by molar-refractivity contribution is 6.35. The first-order valence-electron chi connectivity index (χ1n) is 6.61. The minimum atomic E-state index is -0.548. The van der Waals surface area contributed by atoms with Crippen LogP contribution >= 0.6 is 34.8 Å². The number of halogens is 4. The second-order valence-electron chi connectivity index (χ2n) is 4.77. The van der Waals surface area contributed by atoms with Gasteiger partial charge in [0.1, 0.15) is 16.5 Å². The fourth-order valence-electron chi connectivity index (χ4n) is 2.01. The van der Waals surface area contributed by atoms with Gasteiger partial charge in [0.2, 0.25) is 0 Å². The molecule has 0 saturated heterocycles. The van der Waals surface area contributed by atoms with Crippen molar-refractivity contribution in [2.45, 2.75) is 6.54 Å². The first-order chi connectivity index (χ1) is 11.5. The number of nitrogens with one attached hydrogen (secondary N) is 2. The smallest absolute Gasteiger partial charge is 0.276 e. The summed E-state index contributed by atoms with van der Waals surface area (Å²) in [5.74, 6) is -0.891. The lowest BCUT2D eigenvalue weighted by Crippen LogP contribution is -2.14. The van der Waals surface area contributed by atoms with Crippen LogP contribution in [0.4, 0.5) is 10.2 Å². The lowest BCUT2D eigenvalue weighted by Gasteiger charge is -2.06. The summed E-state index contributed by atoms with van der Waals surface area (Å²) in [6.45, 7) is 0.0614. The van der Waals surface area contributed by atoms with Crippen LogP contribution in [0, 0.1) is 5.82 Å². The Bertz CT molecular complexity index is 887. The van der Waals surface area contributed by atoms with E-state index >= 15 is 0 Å². The molecule has 2 heterocycles. The van der Waals surface area contributed by atoms with Crippen molar-refractivity contribution in [3.8, 4) is 0 Å². The van der Waals surface area contributed by atoms with Crippen LogP contribution in [0.2, 0.25) is 15.1 Å². The molecular formula is C14H9Cl3FN5O. The Morgan fingerprint density at radius 3 is 2.71 bits per heavy atom. The van der Waals surface area contributed by atoms with E-state index in [1.54, 1.807) is 6.07 Å². The number of carbonyl (C=O) groups is 1. The number of rotatable bonds is 4. The van der Waals surface area contributed by atoms with Crippen molar-refractivity contribution in [1.82, 2.24) is 20.0 Å². The fourth-order valence-corrected chi connectivity index (χ4v) is 2.61. The Morgan fingerprint density at radius 1 is 1.25 bits per heavy atom. The number of benzene rings is 1. The second-order valence-corrected chi connectivity index (χ2v) is 5.99. The third-order valence-electron chi connectivity index (χ3n) is 3.15. The first-order valence-corrected chi connectivity index (χ1v) is 7.75. The molecule has 0 fully saturated rings. The lowest BCUT2D eigenvalue weighted by atomic mass is 10.2. The minimum Gasteiger partial charge on any atom is -0.302 e. The predicted molar refractivity (Wildman–Crippen MR) is 89.3 cm³/mol. The van der Waals surface area contributed by atoms with Crippen molar-refractivity contribution in [3.05, 3.63) is 62.7 Å². The van der Waals surface area contributed by atoms with Crippen molar-refractivity contribution in [1.29, 1.82) is 0 Å². The third-order valence-corrected chi connectivity index (χ3v) is 4.07. The normalized spacial score (nSPS) is 10.8. The zero-order chi connectivity index (χ0) is 17.3. The Hall–Kier alpha value is -2.09. The molecular weight excluding hydrogens is 380 g/mol. The SMILES string of the molecule is O=C(Nc1nn(Cc2c(F)cccc2Cl)cc1Cl)c1[nH]ncc1Cl. The molecule has 3 rings (SSSR count). The molecule has 2 N–H and O–H groups in total. The van der Waals surface area contributed by atoms with Crippen LogP contribution in [0.25, 0.3) is 0 Å². The van der Waals surface area contributed by atoms with Gasteiger partial charge in [-0.05, 0) is 12.1 Å². The van der Waals surface area contributed by atoms with Crippen LogP contribution in [-0.4, -0.2) is 25.9 Å². The van der Waals surface area contributed by atoms with Gasteiger partial charge in [-0.1, -0.05) is 40.9 Å². The number of carbonyl (C=O) groups excluding carboxylic acids is 1. The van der Waals surface area contributed by atoms with Crippen LogP contribution in [0.15, 0.2) is 30.6 Å². The van der Waals surface area contributed by atoms with E-state index in [2.05, 4.69) is 20.6 Å². The van der Waals surface area contributed by atoms with Crippen molar-refractivity contribution in [3.63, 3.8) is 0 Å². The summed E-state index contributed by atoms with van der Waals surface area (Å²) in [5.41, 5.74) is 0.354. The standard InChI is InChI=1S/C14H9Cl3FN5O/c15-8-2-1-3-11(18)7(8)5-23-6-10(17)13(22-23)20-14(24)12-9(16)4-19-21-12/h1-4,6H,5H2,(H,19,21)(H,20,22,24). The minimum absolute atomic E-state index is 0.0614. The number of hydrogen-bond acceptors (Lipinski definition) is 3. The Kier molecular flexibility index (Phi) is 4.75. The Labute approximate surface area is 150 Å². The van der Waals surface area contributed by atoms with E-state index in [1.807, 2.05) is 0 Å². The van der Waals surface area contributed by atoms with Gasteiger partial charge in [-0.15, -0.1) is 0 Å². The van der Waals surface area contributed by atoms with E-state index < -0.39 is 11.7 Å². The number of aromatic amines is 1. The summed E-state index contributed by atoms with van der Waals surface area (Å²) in [6.07, 6.45) is 2.76. The Morgan fingerprint density at radius 2 is 2.04 bits per heavy atom. The molecule has 0 atom stereocenters.